The fourth-order valence-electron chi connectivity index (χ4n) is 4.87. The summed E-state index contributed by atoms with van der Waals surface area (Å²) in [5.74, 6) is -1.01. The van der Waals surface area contributed by atoms with E-state index in [-0.39, 0.29) is 37.4 Å². The third-order valence-corrected chi connectivity index (χ3v) is 6.32. The van der Waals surface area contributed by atoms with Gasteiger partial charge in [-0.1, -0.05) is 0 Å². The molecule has 6 atom stereocenters. The van der Waals surface area contributed by atoms with Gasteiger partial charge in [-0.3, -0.25) is 9.59 Å². The van der Waals surface area contributed by atoms with E-state index in [1.54, 1.807) is 0 Å². The molecule has 0 aromatic rings. The molecular weight excluding hydrogens is 344 g/mol. The van der Waals surface area contributed by atoms with Crippen LogP contribution in [0.25, 0.3) is 0 Å². The van der Waals surface area contributed by atoms with Gasteiger partial charge in [0.05, 0.1) is 37.3 Å². The zero-order valence-electron chi connectivity index (χ0n) is 16.4. The maximum Gasteiger partial charge on any atom is 0.314 e. The molecule has 150 valence electrons. The van der Waals surface area contributed by atoms with Gasteiger partial charge in [-0.05, 0) is 38.5 Å². The average molecular weight is 374 g/mol. The SMILES string of the molecule is COCO[C@@H]1C[C@H]2[C@H](C[C@@H](OCOC)[C@@]2(C)C(=O)OC)[C@]1(C)C(=O)OC. The summed E-state index contributed by atoms with van der Waals surface area (Å²) in [5, 5.41) is 0. The quantitative estimate of drug-likeness (QED) is 0.465. The molecule has 26 heavy (non-hydrogen) atoms. The molecule has 0 amide bonds. The lowest BCUT2D eigenvalue weighted by atomic mass is 9.73. The molecule has 0 radical (unpaired) electrons. The Morgan fingerprint density at radius 1 is 0.769 bits per heavy atom. The topological polar surface area (TPSA) is 89.5 Å². The molecular formula is C18H30O8. The van der Waals surface area contributed by atoms with Crippen molar-refractivity contribution >= 4 is 11.9 Å². The first kappa shape index (κ1) is 21.1. The Labute approximate surface area is 154 Å². The van der Waals surface area contributed by atoms with Crippen LogP contribution in [0.2, 0.25) is 0 Å². The van der Waals surface area contributed by atoms with Gasteiger partial charge in [0.15, 0.2) is 0 Å². The molecule has 2 rings (SSSR count). The molecule has 0 unspecified atom stereocenters. The van der Waals surface area contributed by atoms with E-state index in [1.807, 2.05) is 13.8 Å². The fraction of sp³-hybridized carbons (Fsp3) is 0.889. The summed E-state index contributed by atoms with van der Waals surface area (Å²) >= 11 is 0. The van der Waals surface area contributed by atoms with Gasteiger partial charge in [0, 0.05) is 14.2 Å². The number of rotatable bonds is 8. The molecule has 0 spiro atoms. The molecule has 0 bridgehead atoms. The smallest absolute Gasteiger partial charge is 0.314 e. The van der Waals surface area contributed by atoms with Crippen LogP contribution >= 0.6 is 0 Å². The zero-order valence-corrected chi connectivity index (χ0v) is 16.4. The van der Waals surface area contributed by atoms with Gasteiger partial charge in [-0.2, -0.15) is 0 Å². The predicted octanol–water partition coefficient (Wildman–Crippen LogP) is 1.36. The zero-order chi connectivity index (χ0) is 19.5. The van der Waals surface area contributed by atoms with E-state index in [0.29, 0.717) is 12.8 Å². The number of esters is 2. The maximum absolute atomic E-state index is 12.7. The van der Waals surface area contributed by atoms with E-state index < -0.39 is 23.0 Å². The Bertz CT molecular complexity index is 477. The van der Waals surface area contributed by atoms with Gasteiger partial charge in [-0.15, -0.1) is 0 Å². The van der Waals surface area contributed by atoms with Gasteiger partial charge < -0.3 is 28.4 Å². The molecule has 2 fully saturated rings. The van der Waals surface area contributed by atoms with Crippen molar-refractivity contribution in [3.05, 3.63) is 0 Å². The molecule has 8 heteroatoms. The van der Waals surface area contributed by atoms with Gasteiger partial charge in [0.2, 0.25) is 0 Å². The summed E-state index contributed by atoms with van der Waals surface area (Å²) < 4.78 is 31.8. The molecule has 0 aromatic carbocycles. The lowest BCUT2D eigenvalue weighted by Gasteiger charge is -2.34. The van der Waals surface area contributed by atoms with E-state index >= 15 is 0 Å². The molecule has 0 heterocycles. The van der Waals surface area contributed by atoms with Crippen molar-refractivity contribution in [2.75, 3.05) is 42.0 Å². The minimum atomic E-state index is -0.904. The second kappa shape index (κ2) is 8.21. The number of methoxy groups -OCH3 is 4. The second-order valence-electron chi connectivity index (χ2n) is 7.36. The van der Waals surface area contributed by atoms with Gasteiger partial charge >= 0.3 is 11.9 Å². The van der Waals surface area contributed by atoms with Crippen LogP contribution in [0.5, 0.6) is 0 Å². The number of hydrogen-bond donors (Lipinski definition) is 0. The third kappa shape index (κ3) is 3.13. The number of carbonyl (C=O) groups excluding carboxylic acids is 2. The highest BCUT2D eigenvalue weighted by Crippen LogP contribution is 2.63. The van der Waals surface area contributed by atoms with Crippen molar-refractivity contribution in [2.45, 2.75) is 38.9 Å². The van der Waals surface area contributed by atoms with E-state index in [9.17, 15) is 9.59 Å². The van der Waals surface area contributed by atoms with Crippen LogP contribution in [0.4, 0.5) is 0 Å². The van der Waals surface area contributed by atoms with Gasteiger partial charge in [-0.25, -0.2) is 0 Å². The summed E-state index contributed by atoms with van der Waals surface area (Å²) in [7, 11) is 5.78. The number of carbonyl (C=O) groups is 2. The summed E-state index contributed by atoms with van der Waals surface area (Å²) in [4.78, 5) is 25.4. The summed E-state index contributed by atoms with van der Waals surface area (Å²) in [6.07, 6.45) is 0.186. The maximum atomic E-state index is 12.7. The Kier molecular flexibility index (Phi) is 6.65. The molecule has 0 aromatic heterocycles. The fourth-order valence-corrected chi connectivity index (χ4v) is 4.87. The summed E-state index contributed by atoms with van der Waals surface area (Å²) in [6.45, 7) is 3.80. The largest absolute Gasteiger partial charge is 0.469 e. The molecule has 0 saturated heterocycles. The van der Waals surface area contributed by atoms with Gasteiger partial charge in [0.25, 0.3) is 0 Å². The Balaban J connectivity index is 2.41. The number of fused-ring (bicyclic) bond motifs is 1. The summed E-state index contributed by atoms with van der Waals surface area (Å²) in [6, 6.07) is 0. The molecule has 0 aliphatic heterocycles. The third-order valence-electron chi connectivity index (χ3n) is 6.32. The van der Waals surface area contributed by atoms with E-state index in [1.165, 1.54) is 28.4 Å². The lowest BCUT2D eigenvalue weighted by molar-refractivity contribution is -0.174. The highest BCUT2D eigenvalue weighted by atomic mass is 16.7. The van der Waals surface area contributed by atoms with Crippen molar-refractivity contribution in [2.24, 2.45) is 22.7 Å². The van der Waals surface area contributed by atoms with E-state index in [0.717, 1.165) is 0 Å². The molecule has 2 saturated carbocycles. The van der Waals surface area contributed by atoms with Crippen LogP contribution in [-0.2, 0) is 38.0 Å². The van der Waals surface area contributed by atoms with Crippen molar-refractivity contribution < 1.29 is 38.0 Å². The van der Waals surface area contributed by atoms with Crippen LogP contribution in [0, 0.1) is 22.7 Å². The van der Waals surface area contributed by atoms with Crippen LogP contribution in [0.3, 0.4) is 0 Å². The van der Waals surface area contributed by atoms with Crippen LogP contribution in [-0.4, -0.2) is 66.2 Å². The highest BCUT2D eigenvalue weighted by molar-refractivity contribution is 5.81. The Morgan fingerprint density at radius 2 is 1.12 bits per heavy atom. The molecule has 0 N–H and O–H groups in total. The first-order valence-corrected chi connectivity index (χ1v) is 8.70. The molecule has 2 aliphatic carbocycles. The monoisotopic (exact) mass is 374 g/mol. The normalized spacial score (nSPS) is 38.8. The van der Waals surface area contributed by atoms with Crippen molar-refractivity contribution in [1.82, 2.24) is 0 Å². The Hall–Kier alpha value is -1.22. The van der Waals surface area contributed by atoms with Crippen LogP contribution in [0.1, 0.15) is 26.7 Å². The first-order valence-electron chi connectivity index (χ1n) is 8.70. The lowest BCUT2D eigenvalue weighted by Crippen LogP contribution is -2.44. The highest BCUT2D eigenvalue weighted by Gasteiger charge is 2.70. The van der Waals surface area contributed by atoms with Gasteiger partial charge in [0.1, 0.15) is 13.6 Å². The molecule has 8 nitrogen and oxygen atoms in total. The number of ether oxygens (including phenoxy) is 6. The number of hydrogen-bond acceptors (Lipinski definition) is 8. The van der Waals surface area contributed by atoms with Crippen molar-refractivity contribution in [3.8, 4) is 0 Å². The minimum Gasteiger partial charge on any atom is -0.469 e. The van der Waals surface area contributed by atoms with Crippen LogP contribution < -0.4 is 0 Å². The average Bonchev–Trinajstić information content (AvgIpc) is 3.10. The minimum absolute atomic E-state index is 0.0647. The van der Waals surface area contributed by atoms with Crippen LogP contribution in [0.15, 0.2) is 0 Å². The second-order valence-corrected chi connectivity index (χ2v) is 7.36. The van der Waals surface area contributed by atoms with E-state index in [4.69, 9.17) is 28.4 Å². The van der Waals surface area contributed by atoms with Crippen molar-refractivity contribution in [1.29, 1.82) is 0 Å². The standard InChI is InChI=1S/C18H30O8/c1-17(15(19)23-5)11-7-14(26-10-22-4)18(2,16(20)24-6)12(11)8-13(17)25-9-21-3/h11-14H,7-10H2,1-6H3/t11-,12-,13+,14+,17-,18-/m0/s1. The Morgan fingerprint density at radius 3 is 1.38 bits per heavy atom. The van der Waals surface area contributed by atoms with Crippen molar-refractivity contribution in [3.63, 3.8) is 0 Å². The molecule has 2 aliphatic rings. The van der Waals surface area contributed by atoms with E-state index in [2.05, 4.69) is 0 Å². The summed E-state index contributed by atoms with van der Waals surface area (Å²) in [5.41, 5.74) is -1.81. The first-order chi connectivity index (χ1) is 12.3. The predicted molar refractivity (Wildman–Crippen MR) is 90.0 cm³/mol.